The van der Waals surface area contributed by atoms with E-state index in [4.69, 9.17) is 4.98 Å². The molecule has 0 spiro atoms. The number of piperazine rings is 1. The van der Waals surface area contributed by atoms with Crippen molar-refractivity contribution < 1.29 is 9.18 Å². The summed E-state index contributed by atoms with van der Waals surface area (Å²) in [5.74, 6) is 0.904. The first-order valence-corrected chi connectivity index (χ1v) is 18.9. The van der Waals surface area contributed by atoms with E-state index < -0.39 is 5.54 Å². The largest absolute Gasteiger partial charge is 0.369 e. The highest BCUT2D eigenvalue weighted by Gasteiger charge is 2.44. The molecule has 0 bridgehead atoms. The van der Waals surface area contributed by atoms with Crippen LogP contribution < -0.4 is 10.2 Å². The third-order valence-electron chi connectivity index (χ3n) is 12.1. The van der Waals surface area contributed by atoms with Gasteiger partial charge in [0, 0.05) is 69.0 Å². The second-order valence-electron chi connectivity index (χ2n) is 15.2. The number of rotatable bonds is 8. The highest BCUT2D eigenvalue weighted by molar-refractivity contribution is 6.01. The molecule has 0 radical (unpaired) electrons. The molecule has 1 aliphatic heterocycles. The molecule has 3 aromatic carbocycles. The first-order valence-electron chi connectivity index (χ1n) is 18.9. The fourth-order valence-electron chi connectivity index (χ4n) is 9.09. The van der Waals surface area contributed by atoms with Crippen LogP contribution in [-0.2, 0) is 26.2 Å². The molecule has 1 amide bonds. The number of fused-ring (bicyclic) bond motifs is 2. The van der Waals surface area contributed by atoms with Gasteiger partial charge >= 0.3 is 0 Å². The minimum atomic E-state index is -0.518. The monoisotopic (exact) mass is 695 g/mol. The van der Waals surface area contributed by atoms with Crippen molar-refractivity contribution in [3.05, 3.63) is 113 Å². The zero-order valence-electron chi connectivity index (χ0n) is 30.1. The van der Waals surface area contributed by atoms with Gasteiger partial charge in [-0.3, -0.25) is 14.7 Å². The molecule has 4 heterocycles. The number of halogens is 1. The maximum absolute atomic E-state index is 14.1. The number of carbonyl (C=O) groups is 1. The summed E-state index contributed by atoms with van der Waals surface area (Å²) in [5.41, 5.74) is 8.77. The van der Waals surface area contributed by atoms with Gasteiger partial charge in [-0.25, -0.2) is 9.37 Å². The van der Waals surface area contributed by atoms with Gasteiger partial charge in [0.05, 0.1) is 34.2 Å². The van der Waals surface area contributed by atoms with Crippen LogP contribution in [0.5, 0.6) is 0 Å². The number of pyridine rings is 1. The molecular weight excluding hydrogens is 650 g/mol. The van der Waals surface area contributed by atoms with Crippen LogP contribution in [-0.4, -0.2) is 56.1 Å². The molecule has 2 aliphatic carbocycles. The number of nitrogens with one attached hydrogen (secondary N) is 1. The molecule has 0 unspecified atom stereocenters. The van der Waals surface area contributed by atoms with E-state index in [-0.39, 0.29) is 11.7 Å². The molecule has 2 saturated carbocycles. The van der Waals surface area contributed by atoms with E-state index in [0.717, 1.165) is 104 Å². The minimum Gasteiger partial charge on any atom is -0.369 e. The fraction of sp³-hybridized carbons (Fsp3) is 0.372. The average Bonchev–Trinajstić information content (AvgIpc) is 3.87. The van der Waals surface area contributed by atoms with Gasteiger partial charge in [-0.1, -0.05) is 49.2 Å². The number of hydrogen-bond acceptors (Lipinski definition) is 5. The Morgan fingerprint density at radius 3 is 2.37 bits per heavy atom. The van der Waals surface area contributed by atoms with Crippen LogP contribution in [0, 0.1) is 5.82 Å². The van der Waals surface area contributed by atoms with Crippen LogP contribution in [0.2, 0.25) is 0 Å². The Balaban J connectivity index is 0.971. The molecule has 1 saturated heterocycles. The van der Waals surface area contributed by atoms with Crippen LogP contribution in [0.4, 0.5) is 10.1 Å². The third kappa shape index (κ3) is 5.75. The van der Waals surface area contributed by atoms with E-state index in [1.165, 1.54) is 41.9 Å². The Morgan fingerprint density at radius 2 is 1.65 bits per heavy atom. The quantitative estimate of drug-likeness (QED) is 0.175. The second kappa shape index (κ2) is 13.2. The number of amides is 1. The van der Waals surface area contributed by atoms with Crippen LogP contribution in [0.25, 0.3) is 33.3 Å². The number of anilines is 1. The van der Waals surface area contributed by atoms with Gasteiger partial charge in [-0.2, -0.15) is 0 Å². The van der Waals surface area contributed by atoms with Crippen molar-refractivity contribution in [2.75, 3.05) is 31.1 Å². The Hall–Kier alpha value is -5.02. The lowest BCUT2D eigenvalue weighted by Gasteiger charge is -2.41. The molecule has 3 aliphatic rings. The van der Waals surface area contributed by atoms with Crippen molar-refractivity contribution in [3.63, 3.8) is 0 Å². The Kier molecular flexibility index (Phi) is 8.33. The summed E-state index contributed by atoms with van der Waals surface area (Å²) in [6, 6.07) is 26.6. The molecule has 8 nitrogen and oxygen atoms in total. The summed E-state index contributed by atoms with van der Waals surface area (Å²) in [6.07, 6.45) is 8.70. The molecule has 6 aromatic rings. The van der Waals surface area contributed by atoms with Crippen molar-refractivity contribution in [2.45, 2.75) is 62.9 Å². The number of imidazole rings is 1. The Morgan fingerprint density at radius 1 is 0.865 bits per heavy atom. The van der Waals surface area contributed by atoms with E-state index >= 15 is 0 Å². The zero-order valence-corrected chi connectivity index (χ0v) is 30.1. The first kappa shape index (κ1) is 32.9. The van der Waals surface area contributed by atoms with Gasteiger partial charge in [0.25, 0.3) is 5.91 Å². The lowest BCUT2D eigenvalue weighted by molar-refractivity contribution is 0.0805. The maximum atomic E-state index is 14.1. The molecule has 52 heavy (non-hydrogen) atoms. The fourth-order valence-corrected chi connectivity index (χ4v) is 9.09. The van der Waals surface area contributed by atoms with Crippen molar-refractivity contribution in [1.82, 2.24) is 29.3 Å². The van der Waals surface area contributed by atoms with E-state index in [2.05, 4.69) is 90.9 Å². The van der Waals surface area contributed by atoms with E-state index in [9.17, 15) is 9.18 Å². The molecule has 9 rings (SSSR count). The lowest BCUT2D eigenvalue weighted by Crippen LogP contribution is -2.52. The predicted octanol–water partition coefficient (Wildman–Crippen LogP) is 8.06. The third-order valence-corrected chi connectivity index (χ3v) is 12.1. The molecule has 1 N–H and O–H groups in total. The predicted molar refractivity (Wildman–Crippen MR) is 205 cm³/mol. The van der Waals surface area contributed by atoms with Gasteiger partial charge < -0.3 is 19.4 Å². The highest BCUT2D eigenvalue weighted by Crippen LogP contribution is 2.45. The van der Waals surface area contributed by atoms with Crippen LogP contribution in [0.1, 0.15) is 78.2 Å². The Labute approximate surface area is 304 Å². The van der Waals surface area contributed by atoms with E-state index in [1.807, 2.05) is 19.2 Å². The lowest BCUT2D eigenvalue weighted by atomic mass is 9.75. The molecule has 0 atom stereocenters. The van der Waals surface area contributed by atoms with Gasteiger partial charge in [0.15, 0.2) is 0 Å². The molecule has 266 valence electrons. The second-order valence-corrected chi connectivity index (χ2v) is 15.2. The summed E-state index contributed by atoms with van der Waals surface area (Å²) in [6.45, 7) is 5.01. The number of hydrogen-bond donors (Lipinski definition) is 1. The summed E-state index contributed by atoms with van der Waals surface area (Å²) in [4.78, 5) is 28.8. The number of carbonyl (C=O) groups excluding carboxylic acids is 1. The normalized spacial score (nSPS) is 17.9. The molecule has 3 aromatic heterocycles. The summed E-state index contributed by atoms with van der Waals surface area (Å²) in [7, 11) is 4.12. The molecular formula is C43H46FN7O. The summed E-state index contributed by atoms with van der Waals surface area (Å²) < 4.78 is 18.2. The van der Waals surface area contributed by atoms with Gasteiger partial charge in [-0.05, 0) is 91.6 Å². The maximum Gasteiger partial charge on any atom is 0.252 e. The Bertz CT molecular complexity index is 2260. The average molecular weight is 696 g/mol. The number of aromatic nitrogens is 4. The summed E-state index contributed by atoms with van der Waals surface area (Å²) in [5, 5.41) is 4.61. The standard InChI is InChI=1S/C43H46FN7O/c1-48-37-25-31(13-16-34(37)39(30-11-6-7-12-30)40(48)36-17-14-32(44)27-45-36)41(52)47-43(19-8-20-43)42-46-35-18-15-33(26-38(35)49(42)2)51-23-21-50(22-24-51)28-29-9-4-3-5-10-29/h3-5,9-10,13-18,25-27,30H,6-8,11-12,19-24,28H2,1-2H3,(H,47,52). The van der Waals surface area contributed by atoms with Gasteiger partial charge in [0.1, 0.15) is 11.6 Å². The van der Waals surface area contributed by atoms with Gasteiger partial charge in [-0.15, -0.1) is 0 Å². The van der Waals surface area contributed by atoms with Crippen molar-refractivity contribution in [3.8, 4) is 11.4 Å². The SMILES string of the molecule is Cn1c(C2(NC(=O)c3ccc4c(C5CCCC5)c(-c5ccc(F)cn5)n(C)c4c3)CCC2)nc2ccc(N3CCN(Cc4ccccc4)CC3)cc21. The summed E-state index contributed by atoms with van der Waals surface area (Å²) >= 11 is 0. The first-order chi connectivity index (χ1) is 25.4. The zero-order chi connectivity index (χ0) is 35.4. The number of benzene rings is 3. The topological polar surface area (TPSA) is 71.2 Å². The smallest absolute Gasteiger partial charge is 0.252 e. The van der Waals surface area contributed by atoms with Crippen molar-refractivity contribution >= 4 is 33.5 Å². The van der Waals surface area contributed by atoms with Gasteiger partial charge in [0.2, 0.25) is 0 Å². The van der Waals surface area contributed by atoms with Crippen LogP contribution >= 0.6 is 0 Å². The molecule has 3 fully saturated rings. The number of aryl methyl sites for hydroxylation is 2. The van der Waals surface area contributed by atoms with Crippen LogP contribution in [0.3, 0.4) is 0 Å². The highest BCUT2D eigenvalue weighted by atomic mass is 19.1. The van der Waals surface area contributed by atoms with E-state index in [0.29, 0.717) is 11.5 Å². The minimum absolute atomic E-state index is 0.0900. The van der Waals surface area contributed by atoms with Crippen molar-refractivity contribution in [1.29, 1.82) is 0 Å². The van der Waals surface area contributed by atoms with Crippen LogP contribution in [0.15, 0.2) is 85.1 Å². The number of nitrogens with zero attached hydrogens (tertiary/aromatic N) is 6. The molecule has 9 heteroatoms. The van der Waals surface area contributed by atoms with Crippen molar-refractivity contribution in [2.24, 2.45) is 14.1 Å². The van der Waals surface area contributed by atoms with E-state index in [1.54, 1.807) is 6.07 Å².